The van der Waals surface area contributed by atoms with Crippen molar-refractivity contribution in [3.63, 3.8) is 0 Å². The van der Waals surface area contributed by atoms with Crippen LogP contribution in [-0.2, 0) is 10.4 Å². The van der Waals surface area contributed by atoms with Gasteiger partial charge in [-0.1, -0.05) is 12.1 Å². The van der Waals surface area contributed by atoms with Crippen LogP contribution in [-0.4, -0.2) is 73.5 Å². The lowest BCUT2D eigenvalue weighted by Crippen LogP contribution is -2.53. The number of ether oxygens (including phenoxy) is 2. The van der Waals surface area contributed by atoms with Gasteiger partial charge in [0.05, 0.1) is 13.2 Å². The van der Waals surface area contributed by atoms with Gasteiger partial charge in [0.1, 0.15) is 11.5 Å². The quantitative estimate of drug-likeness (QED) is 0.498. The van der Waals surface area contributed by atoms with E-state index in [4.69, 9.17) is 9.47 Å². The number of hydrogen-bond donors (Lipinski definition) is 1. The molecule has 7 nitrogen and oxygen atoms in total. The molecule has 0 spiro atoms. The Morgan fingerprint density at radius 1 is 1.08 bits per heavy atom. The number of rotatable bonds is 9. The number of aliphatic hydroxyl groups is 1. The summed E-state index contributed by atoms with van der Waals surface area (Å²) in [6.45, 7) is 2.59. The molecule has 1 heterocycles. The fourth-order valence-corrected chi connectivity index (χ4v) is 5.63. The van der Waals surface area contributed by atoms with E-state index < -0.39 is 17.9 Å². The molecule has 1 aliphatic carbocycles. The van der Waals surface area contributed by atoms with E-state index in [-0.39, 0.29) is 17.6 Å². The van der Waals surface area contributed by atoms with Crippen LogP contribution in [0.15, 0.2) is 42.5 Å². The zero-order chi connectivity index (χ0) is 28.3. The highest BCUT2D eigenvalue weighted by Gasteiger charge is 2.50. The maximum atomic E-state index is 14.0. The van der Waals surface area contributed by atoms with Crippen LogP contribution in [0.3, 0.4) is 0 Å². The summed E-state index contributed by atoms with van der Waals surface area (Å²) in [6, 6.07) is 11.2. The molecular weight excluding hydrogens is 506 g/mol. The van der Waals surface area contributed by atoms with E-state index in [0.29, 0.717) is 49.1 Å². The number of amides is 2. The maximum Gasteiger partial charge on any atom is 0.280 e. The molecule has 2 fully saturated rings. The number of benzene rings is 2. The number of aryl methyl sites for hydroxylation is 1. The molecule has 2 aromatic rings. The normalized spacial score (nSPS) is 21.2. The number of halogens is 2. The van der Waals surface area contributed by atoms with Crippen molar-refractivity contribution >= 4 is 11.8 Å². The smallest absolute Gasteiger partial charge is 0.280 e. The fourth-order valence-electron chi connectivity index (χ4n) is 5.63. The van der Waals surface area contributed by atoms with Crippen LogP contribution < -0.4 is 9.47 Å². The second-order valence-electron chi connectivity index (χ2n) is 11.0. The van der Waals surface area contributed by atoms with Gasteiger partial charge < -0.3 is 24.4 Å². The Labute approximate surface area is 228 Å². The summed E-state index contributed by atoms with van der Waals surface area (Å²) in [5.74, 6) is 0.987. The first-order chi connectivity index (χ1) is 18.5. The molecule has 1 atom stereocenters. The van der Waals surface area contributed by atoms with E-state index >= 15 is 0 Å². The van der Waals surface area contributed by atoms with Crippen molar-refractivity contribution in [3.8, 4) is 11.5 Å². The first kappa shape index (κ1) is 28.8. The zero-order valence-electron chi connectivity index (χ0n) is 23.0. The highest BCUT2D eigenvalue weighted by Crippen LogP contribution is 2.39. The molecule has 1 aliphatic heterocycles. The van der Waals surface area contributed by atoms with Gasteiger partial charge in [0.2, 0.25) is 5.60 Å². The molecule has 1 unspecified atom stereocenters. The first-order valence-electron chi connectivity index (χ1n) is 13.5. The Kier molecular flexibility index (Phi) is 8.79. The molecule has 2 amide bonds. The molecular formula is C30H38F2N2O5. The number of hydrogen-bond acceptors (Lipinski definition) is 5. The largest absolute Gasteiger partial charge is 0.497 e. The number of alkyl halides is 2. The van der Waals surface area contributed by atoms with E-state index in [0.717, 1.165) is 30.6 Å². The molecule has 212 valence electrons. The van der Waals surface area contributed by atoms with Gasteiger partial charge in [-0.2, -0.15) is 0 Å². The van der Waals surface area contributed by atoms with Gasteiger partial charge >= 0.3 is 0 Å². The van der Waals surface area contributed by atoms with Crippen molar-refractivity contribution in [2.75, 3.05) is 34.3 Å². The molecule has 0 radical (unpaired) electrons. The lowest BCUT2D eigenvalue weighted by molar-refractivity contribution is -0.173. The molecule has 9 heteroatoms. The number of carbonyl (C=O) groups is 2. The van der Waals surface area contributed by atoms with Crippen LogP contribution in [0.1, 0.15) is 53.6 Å². The van der Waals surface area contributed by atoms with Crippen molar-refractivity contribution in [1.29, 1.82) is 0 Å². The van der Waals surface area contributed by atoms with Crippen LogP contribution in [0.2, 0.25) is 0 Å². The summed E-state index contributed by atoms with van der Waals surface area (Å²) in [5.41, 5.74) is -1.53. The van der Waals surface area contributed by atoms with Crippen LogP contribution in [0.25, 0.3) is 0 Å². The lowest BCUT2D eigenvalue weighted by Gasteiger charge is -2.41. The molecule has 4 rings (SSSR count). The Bertz CT molecular complexity index is 1180. The Hall–Kier alpha value is -3.20. The molecule has 2 aromatic carbocycles. The van der Waals surface area contributed by atoms with E-state index in [1.165, 1.54) is 30.2 Å². The summed E-state index contributed by atoms with van der Waals surface area (Å²) < 4.78 is 39.3. The van der Waals surface area contributed by atoms with Crippen LogP contribution in [0.5, 0.6) is 11.5 Å². The summed E-state index contributed by atoms with van der Waals surface area (Å²) in [5, 5.41) is 10.9. The predicted octanol–water partition coefficient (Wildman–Crippen LogP) is 4.64. The monoisotopic (exact) mass is 544 g/mol. The third kappa shape index (κ3) is 6.19. The molecule has 2 aliphatic rings. The topological polar surface area (TPSA) is 79.3 Å². The minimum Gasteiger partial charge on any atom is -0.497 e. The number of methoxy groups -OCH3 is 1. The molecule has 0 aromatic heterocycles. The zero-order valence-corrected chi connectivity index (χ0v) is 23.0. The van der Waals surface area contributed by atoms with Crippen molar-refractivity contribution in [2.24, 2.45) is 11.8 Å². The predicted molar refractivity (Wildman–Crippen MR) is 143 cm³/mol. The van der Waals surface area contributed by atoms with Gasteiger partial charge in [-0.25, -0.2) is 8.78 Å². The average molecular weight is 545 g/mol. The number of carbonyl (C=O) groups excluding carboxylic acids is 2. The fraction of sp³-hybridized carbons (Fsp3) is 0.533. The first-order valence-corrected chi connectivity index (χ1v) is 13.5. The summed E-state index contributed by atoms with van der Waals surface area (Å²) in [7, 11) is 4.86. The van der Waals surface area contributed by atoms with Gasteiger partial charge in [-0.05, 0) is 86.8 Å². The van der Waals surface area contributed by atoms with Gasteiger partial charge in [0.15, 0.2) is 0 Å². The van der Waals surface area contributed by atoms with Crippen LogP contribution in [0, 0.1) is 18.8 Å². The lowest BCUT2D eigenvalue weighted by atomic mass is 9.74. The van der Waals surface area contributed by atoms with Crippen molar-refractivity contribution in [3.05, 3.63) is 59.2 Å². The Morgan fingerprint density at radius 2 is 1.77 bits per heavy atom. The van der Waals surface area contributed by atoms with Crippen molar-refractivity contribution < 1.29 is 33.0 Å². The number of nitrogens with zero attached hydrogens (tertiary/aromatic N) is 2. The molecule has 1 saturated carbocycles. The van der Waals surface area contributed by atoms with Crippen LogP contribution in [0.4, 0.5) is 8.78 Å². The van der Waals surface area contributed by atoms with Gasteiger partial charge in [-0.15, -0.1) is 0 Å². The summed E-state index contributed by atoms with van der Waals surface area (Å²) in [6.07, 6.45) is 1.18. The van der Waals surface area contributed by atoms with Crippen molar-refractivity contribution in [1.82, 2.24) is 9.80 Å². The molecule has 1 N–H and O–H groups in total. The van der Waals surface area contributed by atoms with Gasteiger partial charge in [0.25, 0.3) is 18.2 Å². The third-order valence-electron chi connectivity index (χ3n) is 8.05. The SMILES string of the molecule is COc1cccc(C(O)(C(=O)N2CCC(CC3CC(Oc4ccc(C(=O)N(C)C)c(C)c4)C3)CC2)C(F)F)c1. The molecule has 0 bridgehead atoms. The van der Waals surface area contributed by atoms with Crippen molar-refractivity contribution in [2.45, 2.75) is 57.2 Å². The molecule has 39 heavy (non-hydrogen) atoms. The minimum atomic E-state index is -3.27. The van der Waals surface area contributed by atoms with E-state index in [1.54, 1.807) is 25.1 Å². The number of likely N-dealkylation sites (tertiary alicyclic amines) is 1. The van der Waals surface area contributed by atoms with E-state index in [2.05, 4.69) is 0 Å². The van der Waals surface area contributed by atoms with Gasteiger partial charge in [-0.3, -0.25) is 9.59 Å². The third-order valence-corrected chi connectivity index (χ3v) is 8.05. The highest BCUT2D eigenvalue weighted by atomic mass is 19.3. The second-order valence-corrected chi connectivity index (χ2v) is 11.0. The summed E-state index contributed by atoms with van der Waals surface area (Å²) in [4.78, 5) is 28.3. The number of piperidine rings is 1. The van der Waals surface area contributed by atoms with E-state index in [1.807, 2.05) is 25.1 Å². The second kappa shape index (κ2) is 11.9. The maximum absolute atomic E-state index is 14.0. The summed E-state index contributed by atoms with van der Waals surface area (Å²) >= 11 is 0. The Balaban J connectivity index is 1.25. The standard InChI is InChI=1S/C30H38F2N2O5/c1-19-14-24(8-9-26(19)27(35)33(2)3)39-25-16-21(17-25)15-20-10-12-34(13-11-20)29(36)30(37,28(31)32)22-6-5-7-23(18-22)38-4/h5-9,14,18,20-21,25,28,37H,10-13,15-17H2,1-4H3. The molecule has 1 saturated heterocycles. The highest BCUT2D eigenvalue weighted by molar-refractivity contribution is 5.95. The average Bonchev–Trinajstić information content (AvgIpc) is 2.91. The van der Waals surface area contributed by atoms with Crippen LogP contribution >= 0.6 is 0 Å². The Morgan fingerprint density at radius 3 is 2.36 bits per heavy atom. The van der Waals surface area contributed by atoms with Gasteiger partial charge in [0, 0.05) is 38.3 Å². The van der Waals surface area contributed by atoms with E-state index in [9.17, 15) is 23.5 Å². The minimum absolute atomic E-state index is 0.0327.